The minimum Gasteiger partial charge on any atom is -0.481 e. The third-order valence-corrected chi connectivity index (χ3v) is 2.63. The molecule has 0 saturated heterocycles. The molecule has 0 saturated carbocycles. The Bertz CT molecular complexity index is 159. The van der Waals surface area contributed by atoms with E-state index < -0.39 is 5.97 Å². The Labute approximate surface area is 97.5 Å². The summed E-state index contributed by atoms with van der Waals surface area (Å²) in [5, 5.41) is 16.5. The van der Waals surface area contributed by atoms with Crippen molar-refractivity contribution < 1.29 is 20.0 Å². The van der Waals surface area contributed by atoms with E-state index in [0.29, 0.717) is 13.0 Å². The summed E-state index contributed by atoms with van der Waals surface area (Å²) in [6.45, 7) is 0.440. The molecule has 4 heteroatoms. The maximum absolute atomic E-state index is 10.2. The summed E-state index contributed by atoms with van der Waals surface area (Å²) in [6, 6.07) is 0. The van der Waals surface area contributed by atoms with Gasteiger partial charge in [0.1, 0.15) is 0 Å². The highest BCUT2D eigenvalue weighted by Crippen LogP contribution is 2.10. The van der Waals surface area contributed by atoms with Crippen LogP contribution in [0.2, 0.25) is 0 Å². The van der Waals surface area contributed by atoms with Crippen molar-refractivity contribution in [1.29, 1.82) is 0 Å². The monoisotopic (exact) mass is 232 g/mol. The average Bonchev–Trinajstić information content (AvgIpc) is 2.25. The van der Waals surface area contributed by atoms with Crippen LogP contribution in [0, 0.1) is 0 Å². The van der Waals surface area contributed by atoms with Gasteiger partial charge >= 0.3 is 5.97 Å². The molecule has 0 aliphatic rings. The van der Waals surface area contributed by atoms with Crippen LogP contribution in [-0.4, -0.2) is 22.9 Å². The van der Waals surface area contributed by atoms with Gasteiger partial charge in [0.25, 0.3) is 0 Å². The molecule has 96 valence electrons. The zero-order chi connectivity index (χ0) is 12.1. The molecule has 4 nitrogen and oxygen atoms in total. The van der Waals surface area contributed by atoms with E-state index in [9.17, 15) is 4.79 Å². The molecule has 16 heavy (non-hydrogen) atoms. The Hall–Kier alpha value is -0.610. The molecule has 0 heterocycles. The van der Waals surface area contributed by atoms with E-state index in [0.717, 1.165) is 32.1 Å². The van der Waals surface area contributed by atoms with Gasteiger partial charge in [-0.15, -0.1) is 0 Å². The van der Waals surface area contributed by atoms with E-state index in [4.69, 9.17) is 10.4 Å². The lowest BCUT2D eigenvalue weighted by atomic mass is 10.1. The quantitative estimate of drug-likeness (QED) is 0.307. The molecule has 0 aromatic carbocycles. The van der Waals surface area contributed by atoms with E-state index in [1.165, 1.54) is 25.7 Å². The van der Waals surface area contributed by atoms with Crippen molar-refractivity contribution in [2.45, 2.75) is 64.2 Å². The molecule has 0 amide bonds. The fourth-order valence-electron chi connectivity index (χ4n) is 1.68. The Kier molecular flexibility index (Phi) is 12.0. The average molecular weight is 232 g/mol. The third kappa shape index (κ3) is 13.4. The maximum atomic E-state index is 10.2. The van der Waals surface area contributed by atoms with E-state index >= 15 is 0 Å². The van der Waals surface area contributed by atoms with E-state index in [1.807, 2.05) is 0 Å². The van der Waals surface area contributed by atoms with Crippen LogP contribution in [0.4, 0.5) is 0 Å². The van der Waals surface area contributed by atoms with Crippen molar-refractivity contribution >= 4 is 5.97 Å². The van der Waals surface area contributed by atoms with Gasteiger partial charge in [-0.1, -0.05) is 44.9 Å². The van der Waals surface area contributed by atoms with Crippen molar-refractivity contribution in [2.75, 3.05) is 6.61 Å². The summed E-state index contributed by atoms with van der Waals surface area (Å²) in [4.78, 5) is 14.2. The Morgan fingerprint density at radius 1 is 0.812 bits per heavy atom. The van der Waals surface area contributed by atoms with Gasteiger partial charge in [-0.2, -0.15) is 0 Å². The van der Waals surface area contributed by atoms with Crippen LogP contribution >= 0.6 is 0 Å². The molecule has 0 atom stereocenters. The van der Waals surface area contributed by atoms with Gasteiger partial charge in [0, 0.05) is 6.42 Å². The standard InChI is InChI=1S/C12H24O4/c13-12(14)10-8-6-4-2-1-3-5-7-9-11-16-15/h15H,1-11H2,(H,13,14). The van der Waals surface area contributed by atoms with Crippen LogP contribution in [0.1, 0.15) is 64.2 Å². The lowest BCUT2D eigenvalue weighted by molar-refractivity contribution is -0.242. The van der Waals surface area contributed by atoms with Crippen LogP contribution in [0.3, 0.4) is 0 Å². The maximum Gasteiger partial charge on any atom is 0.303 e. The number of aliphatic carboxylic acids is 1. The summed E-state index contributed by atoms with van der Waals surface area (Å²) in [7, 11) is 0. The minimum absolute atomic E-state index is 0.307. The summed E-state index contributed by atoms with van der Waals surface area (Å²) in [6.07, 6.45) is 10.2. The zero-order valence-electron chi connectivity index (χ0n) is 9.99. The summed E-state index contributed by atoms with van der Waals surface area (Å²) in [5.74, 6) is -0.689. The third-order valence-electron chi connectivity index (χ3n) is 2.63. The van der Waals surface area contributed by atoms with Crippen molar-refractivity contribution in [3.05, 3.63) is 0 Å². The van der Waals surface area contributed by atoms with Crippen molar-refractivity contribution in [3.8, 4) is 0 Å². The molecule has 0 aromatic rings. The number of rotatable bonds is 12. The fraction of sp³-hybridized carbons (Fsp3) is 0.917. The second kappa shape index (κ2) is 12.5. The highest BCUT2D eigenvalue weighted by atomic mass is 17.1. The molecule has 0 aromatic heterocycles. The van der Waals surface area contributed by atoms with E-state index in [2.05, 4.69) is 4.89 Å². The van der Waals surface area contributed by atoms with E-state index in [1.54, 1.807) is 0 Å². The molecule has 0 radical (unpaired) electrons. The molecule has 0 unspecified atom stereocenters. The predicted octanol–water partition coefficient (Wildman–Crippen LogP) is 3.46. The second-order valence-corrected chi connectivity index (χ2v) is 4.16. The molecule has 0 aliphatic carbocycles. The molecule has 0 spiro atoms. The van der Waals surface area contributed by atoms with Crippen molar-refractivity contribution in [1.82, 2.24) is 0 Å². The van der Waals surface area contributed by atoms with Gasteiger partial charge in [-0.05, 0) is 12.8 Å². The lowest BCUT2D eigenvalue weighted by Gasteiger charge is -2.01. The van der Waals surface area contributed by atoms with Crippen molar-refractivity contribution in [3.63, 3.8) is 0 Å². The number of unbranched alkanes of at least 4 members (excludes halogenated alkanes) is 8. The van der Waals surface area contributed by atoms with Crippen LogP contribution in [0.5, 0.6) is 0 Å². The van der Waals surface area contributed by atoms with Gasteiger partial charge in [-0.25, -0.2) is 4.89 Å². The van der Waals surface area contributed by atoms with Gasteiger partial charge < -0.3 is 5.11 Å². The Balaban J connectivity index is 2.90. The predicted molar refractivity (Wildman–Crippen MR) is 62.4 cm³/mol. The molecule has 0 aliphatic heterocycles. The first-order valence-electron chi connectivity index (χ1n) is 6.25. The summed E-state index contributed by atoms with van der Waals surface area (Å²) >= 11 is 0. The summed E-state index contributed by atoms with van der Waals surface area (Å²) < 4.78 is 0. The van der Waals surface area contributed by atoms with Crippen LogP contribution < -0.4 is 0 Å². The zero-order valence-corrected chi connectivity index (χ0v) is 9.99. The smallest absolute Gasteiger partial charge is 0.303 e. The minimum atomic E-state index is -0.689. The molecule has 0 fully saturated rings. The van der Waals surface area contributed by atoms with Gasteiger partial charge in [0.2, 0.25) is 0 Å². The van der Waals surface area contributed by atoms with Gasteiger partial charge in [0.15, 0.2) is 0 Å². The fourth-order valence-corrected chi connectivity index (χ4v) is 1.68. The molecule has 2 N–H and O–H groups in total. The SMILES string of the molecule is O=C(O)CCCCCCCCCCCOO. The highest BCUT2D eigenvalue weighted by molar-refractivity contribution is 5.66. The largest absolute Gasteiger partial charge is 0.481 e. The van der Waals surface area contributed by atoms with Gasteiger partial charge in [-0.3, -0.25) is 10.1 Å². The summed E-state index contributed by atoms with van der Waals surface area (Å²) in [5.41, 5.74) is 0. The second-order valence-electron chi connectivity index (χ2n) is 4.16. The number of hydrogen-bond acceptors (Lipinski definition) is 3. The van der Waals surface area contributed by atoms with Crippen LogP contribution in [0.25, 0.3) is 0 Å². The van der Waals surface area contributed by atoms with E-state index in [-0.39, 0.29) is 0 Å². The normalized spacial score (nSPS) is 10.6. The first kappa shape index (κ1) is 15.4. The molecular weight excluding hydrogens is 208 g/mol. The van der Waals surface area contributed by atoms with Crippen molar-refractivity contribution in [2.24, 2.45) is 0 Å². The van der Waals surface area contributed by atoms with Crippen LogP contribution in [-0.2, 0) is 9.68 Å². The number of carboxylic acid groups (broad SMARTS) is 1. The number of carbonyl (C=O) groups is 1. The topological polar surface area (TPSA) is 66.8 Å². The number of carboxylic acids is 1. The molecule has 0 bridgehead atoms. The number of hydrogen-bond donors (Lipinski definition) is 2. The molecular formula is C12H24O4. The highest BCUT2D eigenvalue weighted by Gasteiger charge is 1.96. The van der Waals surface area contributed by atoms with Crippen LogP contribution in [0.15, 0.2) is 0 Å². The first-order chi connectivity index (χ1) is 7.77. The van der Waals surface area contributed by atoms with Gasteiger partial charge in [0.05, 0.1) is 6.61 Å². The first-order valence-corrected chi connectivity index (χ1v) is 6.25. The Morgan fingerprint density at radius 2 is 1.25 bits per heavy atom. The lowest BCUT2D eigenvalue weighted by Crippen LogP contribution is -1.93. The Morgan fingerprint density at radius 3 is 1.69 bits per heavy atom. The molecule has 0 rings (SSSR count).